The van der Waals surface area contributed by atoms with Gasteiger partial charge in [-0.25, -0.2) is 8.42 Å². The number of amides is 1. The second-order valence-corrected chi connectivity index (χ2v) is 11.1. The van der Waals surface area contributed by atoms with Gasteiger partial charge in [-0.1, -0.05) is 32.0 Å². The summed E-state index contributed by atoms with van der Waals surface area (Å²) < 4.78 is 37.9. The van der Waals surface area contributed by atoms with E-state index < -0.39 is 10.0 Å². The van der Waals surface area contributed by atoms with Crippen LogP contribution in [0, 0.1) is 6.92 Å². The lowest BCUT2D eigenvalue weighted by Crippen LogP contribution is -2.40. The fraction of sp³-hybridized carbons (Fsp3) is 0.375. The number of aryl methyl sites for hydroxylation is 1. The van der Waals surface area contributed by atoms with Gasteiger partial charge in [-0.05, 0) is 48.9 Å². The molecule has 1 fully saturated rings. The zero-order valence-electron chi connectivity index (χ0n) is 19.7. The SMILES string of the molecule is Cc1ccc(S(=O)(=O)N2CCOCC2)cc1C(=O)Nc1ccc(-c2noc(C(C)(C)C)n2)cc1. The molecule has 1 saturated heterocycles. The Morgan fingerprint density at radius 1 is 1.06 bits per heavy atom. The van der Waals surface area contributed by atoms with Crippen molar-refractivity contribution in [2.45, 2.75) is 38.0 Å². The quantitative estimate of drug-likeness (QED) is 0.588. The molecular formula is C24H28N4O5S. The largest absolute Gasteiger partial charge is 0.379 e. The van der Waals surface area contributed by atoms with Crippen molar-refractivity contribution in [2.24, 2.45) is 0 Å². The number of aromatic nitrogens is 2. The summed E-state index contributed by atoms with van der Waals surface area (Å²) in [6.45, 7) is 9.05. The Bertz CT molecular complexity index is 1290. The van der Waals surface area contributed by atoms with Gasteiger partial charge in [-0.15, -0.1) is 0 Å². The van der Waals surface area contributed by atoms with Crippen LogP contribution in [0.5, 0.6) is 0 Å². The standard InChI is InChI=1S/C24H28N4O5S/c1-16-5-10-19(34(30,31)28-11-13-32-14-12-28)15-20(16)22(29)25-18-8-6-17(7-9-18)21-26-23(33-27-21)24(2,3)4/h5-10,15H,11-14H2,1-4H3,(H,25,29). The lowest BCUT2D eigenvalue weighted by atomic mass is 9.97. The molecule has 10 heteroatoms. The number of carbonyl (C=O) groups is 1. The molecule has 3 aromatic rings. The van der Waals surface area contributed by atoms with Gasteiger partial charge >= 0.3 is 0 Å². The normalized spacial score (nSPS) is 15.3. The van der Waals surface area contributed by atoms with E-state index in [-0.39, 0.29) is 16.2 Å². The highest BCUT2D eigenvalue weighted by Crippen LogP contribution is 2.25. The minimum absolute atomic E-state index is 0.0901. The third-order valence-electron chi connectivity index (χ3n) is 5.53. The van der Waals surface area contributed by atoms with Gasteiger partial charge in [0.15, 0.2) is 0 Å². The lowest BCUT2D eigenvalue weighted by Gasteiger charge is -2.26. The number of carbonyl (C=O) groups excluding carboxylic acids is 1. The van der Waals surface area contributed by atoms with Crippen LogP contribution in [-0.2, 0) is 20.2 Å². The molecule has 1 aliphatic heterocycles. The van der Waals surface area contributed by atoms with Crippen molar-refractivity contribution in [1.82, 2.24) is 14.4 Å². The number of ether oxygens (including phenoxy) is 1. The van der Waals surface area contributed by atoms with Crippen molar-refractivity contribution in [2.75, 3.05) is 31.6 Å². The molecule has 0 saturated carbocycles. The van der Waals surface area contributed by atoms with Crippen LogP contribution in [0.1, 0.15) is 42.6 Å². The summed E-state index contributed by atoms with van der Waals surface area (Å²) >= 11 is 0. The lowest BCUT2D eigenvalue weighted by molar-refractivity contribution is 0.0730. The van der Waals surface area contributed by atoms with Gasteiger partial charge in [-0.2, -0.15) is 9.29 Å². The van der Waals surface area contributed by atoms with Crippen molar-refractivity contribution in [3.63, 3.8) is 0 Å². The zero-order valence-corrected chi connectivity index (χ0v) is 20.5. The van der Waals surface area contributed by atoms with Crippen molar-refractivity contribution < 1.29 is 22.5 Å². The monoisotopic (exact) mass is 484 g/mol. The van der Waals surface area contributed by atoms with Gasteiger partial charge in [0.1, 0.15) is 0 Å². The number of hydrogen-bond donors (Lipinski definition) is 1. The highest BCUT2D eigenvalue weighted by Gasteiger charge is 2.27. The van der Waals surface area contributed by atoms with Gasteiger partial charge in [-0.3, -0.25) is 4.79 Å². The van der Waals surface area contributed by atoms with E-state index in [0.717, 1.165) is 5.56 Å². The molecule has 0 unspecified atom stereocenters. The van der Waals surface area contributed by atoms with Crippen LogP contribution in [-0.4, -0.2) is 55.1 Å². The average Bonchev–Trinajstić information content (AvgIpc) is 3.31. The van der Waals surface area contributed by atoms with Gasteiger partial charge in [0.25, 0.3) is 5.91 Å². The van der Waals surface area contributed by atoms with Crippen LogP contribution < -0.4 is 5.32 Å². The Labute approximate surface area is 199 Å². The minimum atomic E-state index is -3.70. The second-order valence-electron chi connectivity index (χ2n) is 9.20. The van der Waals surface area contributed by atoms with Crippen molar-refractivity contribution >= 4 is 21.6 Å². The fourth-order valence-corrected chi connectivity index (χ4v) is 4.92. The van der Waals surface area contributed by atoms with Crippen LogP contribution >= 0.6 is 0 Å². The maximum Gasteiger partial charge on any atom is 0.255 e. The number of nitrogens with one attached hydrogen (secondary N) is 1. The molecule has 2 aromatic carbocycles. The van der Waals surface area contributed by atoms with E-state index in [1.807, 2.05) is 20.8 Å². The molecule has 0 bridgehead atoms. The minimum Gasteiger partial charge on any atom is -0.379 e. The van der Waals surface area contributed by atoms with E-state index in [4.69, 9.17) is 9.26 Å². The number of anilines is 1. The van der Waals surface area contributed by atoms with Crippen molar-refractivity contribution in [1.29, 1.82) is 0 Å². The highest BCUT2D eigenvalue weighted by molar-refractivity contribution is 7.89. The molecular weight excluding hydrogens is 456 g/mol. The number of nitrogens with zero attached hydrogens (tertiary/aromatic N) is 3. The maximum absolute atomic E-state index is 13.0. The summed E-state index contributed by atoms with van der Waals surface area (Å²) in [7, 11) is -3.70. The molecule has 0 radical (unpaired) electrons. The first-order valence-electron chi connectivity index (χ1n) is 11.0. The van der Waals surface area contributed by atoms with Gasteiger partial charge in [0.05, 0.1) is 18.1 Å². The Morgan fingerprint density at radius 3 is 2.35 bits per heavy atom. The molecule has 0 spiro atoms. The van der Waals surface area contributed by atoms with Crippen LogP contribution in [0.2, 0.25) is 0 Å². The summed E-state index contributed by atoms with van der Waals surface area (Å²) in [6.07, 6.45) is 0. The van der Waals surface area contributed by atoms with Gasteiger partial charge in [0, 0.05) is 35.3 Å². The van der Waals surface area contributed by atoms with E-state index >= 15 is 0 Å². The molecule has 9 nitrogen and oxygen atoms in total. The average molecular weight is 485 g/mol. The molecule has 1 amide bonds. The Balaban J connectivity index is 1.51. The molecule has 1 aliphatic rings. The zero-order chi connectivity index (χ0) is 24.5. The second kappa shape index (κ2) is 9.28. The predicted octanol–water partition coefficient (Wildman–Crippen LogP) is 3.62. The topological polar surface area (TPSA) is 115 Å². The molecule has 1 aromatic heterocycles. The first-order chi connectivity index (χ1) is 16.1. The van der Waals surface area contributed by atoms with E-state index in [2.05, 4.69) is 15.5 Å². The molecule has 1 N–H and O–H groups in total. The van der Waals surface area contributed by atoms with E-state index in [1.165, 1.54) is 16.4 Å². The van der Waals surface area contributed by atoms with Crippen LogP contribution in [0.15, 0.2) is 51.9 Å². The highest BCUT2D eigenvalue weighted by atomic mass is 32.2. The summed E-state index contributed by atoms with van der Waals surface area (Å²) in [6, 6.07) is 11.7. The summed E-state index contributed by atoms with van der Waals surface area (Å²) in [5, 5.41) is 6.87. The van der Waals surface area contributed by atoms with Crippen molar-refractivity contribution in [3.05, 3.63) is 59.5 Å². The maximum atomic E-state index is 13.0. The molecule has 34 heavy (non-hydrogen) atoms. The number of rotatable bonds is 5. The van der Waals surface area contributed by atoms with Crippen LogP contribution in [0.25, 0.3) is 11.4 Å². The molecule has 0 atom stereocenters. The Morgan fingerprint density at radius 2 is 1.74 bits per heavy atom. The van der Waals surface area contributed by atoms with Crippen LogP contribution in [0.3, 0.4) is 0 Å². The Hall–Kier alpha value is -3.08. The molecule has 4 rings (SSSR count). The number of hydrogen-bond acceptors (Lipinski definition) is 7. The summed E-state index contributed by atoms with van der Waals surface area (Å²) in [5.74, 6) is 0.626. The summed E-state index contributed by atoms with van der Waals surface area (Å²) in [4.78, 5) is 17.5. The first-order valence-corrected chi connectivity index (χ1v) is 12.4. The number of benzene rings is 2. The van der Waals surface area contributed by atoms with E-state index in [9.17, 15) is 13.2 Å². The third-order valence-corrected chi connectivity index (χ3v) is 7.42. The third kappa shape index (κ3) is 5.03. The van der Waals surface area contributed by atoms with E-state index in [0.29, 0.717) is 54.8 Å². The number of sulfonamides is 1. The first kappa shape index (κ1) is 24.1. The van der Waals surface area contributed by atoms with Gasteiger partial charge < -0.3 is 14.6 Å². The summed E-state index contributed by atoms with van der Waals surface area (Å²) in [5.41, 5.74) is 2.05. The predicted molar refractivity (Wildman–Crippen MR) is 127 cm³/mol. The molecule has 180 valence electrons. The van der Waals surface area contributed by atoms with E-state index in [1.54, 1.807) is 37.3 Å². The number of morpholine rings is 1. The molecule has 2 heterocycles. The molecule has 0 aliphatic carbocycles. The van der Waals surface area contributed by atoms with Gasteiger partial charge in [0.2, 0.25) is 21.7 Å². The fourth-order valence-electron chi connectivity index (χ4n) is 3.49. The van der Waals surface area contributed by atoms with Crippen LogP contribution in [0.4, 0.5) is 5.69 Å². The van der Waals surface area contributed by atoms with Crippen molar-refractivity contribution in [3.8, 4) is 11.4 Å². The smallest absolute Gasteiger partial charge is 0.255 e. The Kier molecular flexibility index (Phi) is 6.57.